The molecule has 23 heavy (non-hydrogen) atoms. The van der Waals surface area contributed by atoms with Crippen molar-refractivity contribution in [3.63, 3.8) is 0 Å². The van der Waals surface area contributed by atoms with Crippen molar-refractivity contribution in [3.05, 3.63) is 69.1 Å². The van der Waals surface area contributed by atoms with E-state index in [0.29, 0.717) is 0 Å². The number of halogens is 1. The van der Waals surface area contributed by atoms with Crippen molar-refractivity contribution in [2.45, 2.75) is 19.5 Å². The van der Waals surface area contributed by atoms with E-state index in [1.165, 1.54) is 16.1 Å². The number of benzene rings is 1. The molecule has 0 atom stereocenters. The Labute approximate surface area is 144 Å². The van der Waals surface area contributed by atoms with Crippen molar-refractivity contribution < 1.29 is 0 Å². The summed E-state index contributed by atoms with van der Waals surface area (Å²) in [6, 6.07) is 14.2. The molecule has 1 aromatic carbocycles. The Bertz CT molecular complexity index is 816. The summed E-state index contributed by atoms with van der Waals surface area (Å²) in [5, 5.41) is 0. The van der Waals surface area contributed by atoms with E-state index in [1.807, 2.05) is 30.5 Å². The summed E-state index contributed by atoms with van der Waals surface area (Å²) >= 11 is 7.67. The summed E-state index contributed by atoms with van der Waals surface area (Å²) in [6.45, 7) is 2.87. The molecule has 0 saturated heterocycles. The summed E-state index contributed by atoms with van der Waals surface area (Å²) in [7, 11) is 0. The highest BCUT2D eigenvalue weighted by molar-refractivity contribution is 7.16. The molecule has 2 aromatic heterocycles. The molecule has 0 bridgehead atoms. The normalized spacial score (nSPS) is 14.7. The average Bonchev–Trinajstić information content (AvgIpc) is 3.00. The number of thiophene rings is 1. The van der Waals surface area contributed by atoms with Crippen molar-refractivity contribution in [1.29, 1.82) is 0 Å². The number of nitrogens with zero attached hydrogens (tertiary/aromatic N) is 3. The maximum Gasteiger partial charge on any atom is 0.159 e. The van der Waals surface area contributed by atoms with Crippen LogP contribution in [0.4, 0.5) is 0 Å². The molecule has 0 amide bonds. The Morgan fingerprint density at radius 3 is 2.78 bits per heavy atom. The zero-order valence-electron chi connectivity index (χ0n) is 12.6. The highest BCUT2D eigenvalue weighted by Gasteiger charge is 2.19. The molecule has 5 heteroatoms. The maximum absolute atomic E-state index is 6.01. The average molecular weight is 342 g/mol. The van der Waals surface area contributed by atoms with Gasteiger partial charge in [0.25, 0.3) is 0 Å². The zero-order valence-corrected chi connectivity index (χ0v) is 14.1. The topological polar surface area (TPSA) is 29.0 Å². The van der Waals surface area contributed by atoms with Crippen LogP contribution in [0.1, 0.15) is 16.1 Å². The molecule has 3 nitrogen and oxygen atoms in total. The Kier molecular flexibility index (Phi) is 4.12. The van der Waals surface area contributed by atoms with Gasteiger partial charge in [0.05, 0.1) is 10.0 Å². The summed E-state index contributed by atoms with van der Waals surface area (Å²) in [5.74, 6) is 0.822. The molecule has 0 aliphatic carbocycles. The summed E-state index contributed by atoms with van der Waals surface area (Å²) in [6.07, 6.45) is 2.95. The van der Waals surface area contributed by atoms with Crippen molar-refractivity contribution in [2.24, 2.45) is 0 Å². The lowest BCUT2D eigenvalue weighted by molar-refractivity contribution is 0.245. The van der Waals surface area contributed by atoms with Crippen LogP contribution in [0.15, 0.2) is 48.7 Å². The molecule has 0 N–H and O–H groups in total. The van der Waals surface area contributed by atoms with Gasteiger partial charge >= 0.3 is 0 Å². The monoisotopic (exact) mass is 341 g/mol. The first-order valence-corrected chi connectivity index (χ1v) is 8.84. The van der Waals surface area contributed by atoms with Gasteiger partial charge in [0.1, 0.15) is 0 Å². The van der Waals surface area contributed by atoms with Gasteiger partial charge in [0.2, 0.25) is 0 Å². The van der Waals surface area contributed by atoms with Crippen molar-refractivity contribution in [1.82, 2.24) is 14.9 Å². The third-order valence-corrected chi connectivity index (χ3v) is 5.27. The van der Waals surface area contributed by atoms with E-state index in [2.05, 4.69) is 28.1 Å². The molecule has 1 aliphatic heterocycles. The lowest BCUT2D eigenvalue weighted by atomic mass is 10.1. The predicted octanol–water partition coefficient (Wildman–Crippen LogP) is 4.42. The zero-order chi connectivity index (χ0) is 15.6. The second kappa shape index (κ2) is 6.40. The molecule has 116 valence electrons. The fourth-order valence-electron chi connectivity index (χ4n) is 2.89. The van der Waals surface area contributed by atoms with Crippen LogP contribution >= 0.6 is 22.9 Å². The minimum Gasteiger partial charge on any atom is -0.293 e. The van der Waals surface area contributed by atoms with Crippen LogP contribution < -0.4 is 0 Å². The second-order valence-electron chi connectivity index (χ2n) is 5.70. The van der Waals surface area contributed by atoms with Crippen LogP contribution in [-0.4, -0.2) is 21.4 Å². The first-order valence-electron chi connectivity index (χ1n) is 7.65. The van der Waals surface area contributed by atoms with E-state index in [4.69, 9.17) is 16.6 Å². The molecule has 3 heterocycles. The molecule has 1 aliphatic rings. The quantitative estimate of drug-likeness (QED) is 0.706. The maximum atomic E-state index is 6.01. The SMILES string of the molecule is Clc1ccc(CN2CCc3nc(-c4ccccc4)ncc3C2)s1. The van der Waals surface area contributed by atoms with Gasteiger partial charge in [-0.25, -0.2) is 9.97 Å². The van der Waals surface area contributed by atoms with E-state index in [0.717, 1.165) is 41.8 Å². The Morgan fingerprint density at radius 2 is 2.00 bits per heavy atom. The van der Waals surface area contributed by atoms with Crippen LogP contribution in [0.2, 0.25) is 4.34 Å². The fourth-order valence-corrected chi connectivity index (χ4v) is 4.02. The van der Waals surface area contributed by atoms with Gasteiger partial charge in [0.15, 0.2) is 5.82 Å². The molecule has 0 unspecified atom stereocenters. The molecular weight excluding hydrogens is 326 g/mol. The van der Waals surface area contributed by atoms with E-state index < -0.39 is 0 Å². The Hall–Kier alpha value is -1.75. The highest BCUT2D eigenvalue weighted by Crippen LogP contribution is 2.26. The van der Waals surface area contributed by atoms with Gasteiger partial charge in [-0.2, -0.15) is 0 Å². The molecule has 0 fully saturated rings. The smallest absolute Gasteiger partial charge is 0.159 e. The first kappa shape index (κ1) is 14.8. The molecule has 0 saturated carbocycles. The van der Waals surface area contributed by atoms with Gasteiger partial charge in [-0.1, -0.05) is 41.9 Å². The van der Waals surface area contributed by atoms with Crippen molar-refractivity contribution >= 4 is 22.9 Å². The van der Waals surface area contributed by atoms with Gasteiger partial charge in [-0.05, 0) is 12.1 Å². The van der Waals surface area contributed by atoms with E-state index >= 15 is 0 Å². The lowest BCUT2D eigenvalue weighted by Gasteiger charge is -2.27. The third-order valence-electron chi connectivity index (χ3n) is 4.05. The minimum absolute atomic E-state index is 0.822. The van der Waals surface area contributed by atoms with Gasteiger partial charge in [-0.15, -0.1) is 11.3 Å². The van der Waals surface area contributed by atoms with Gasteiger partial charge in [-0.3, -0.25) is 4.90 Å². The van der Waals surface area contributed by atoms with Crippen LogP contribution in [0.3, 0.4) is 0 Å². The van der Waals surface area contributed by atoms with Gasteiger partial charge in [0, 0.05) is 48.3 Å². The summed E-state index contributed by atoms with van der Waals surface area (Å²) < 4.78 is 0.855. The largest absolute Gasteiger partial charge is 0.293 e. The first-order chi connectivity index (χ1) is 11.3. The fraction of sp³-hybridized carbons (Fsp3) is 0.222. The minimum atomic E-state index is 0.822. The number of aromatic nitrogens is 2. The van der Waals surface area contributed by atoms with Crippen molar-refractivity contribution in [3.8, 4) is 11.4 Å². The van der Waals surface area contributed by atoms with Crippen molar-refractivity contribution in [2.75, 3.05) is 6.54 Å². The van der Waals surface area contributed by atoms with Crippen LogP contribution in [0, 0.1) is 0 Å². The van der Waals surface area contributed by atoms with E-state index in [1.54, 1.807) is 11.3 Å². The van der Waals surface area contributed by atoms with E-state index in [9.17, 15) is 0 Å². The molecule has 3 aromatic rings. The Morgan fingerprint density at radius 1 is 1.13 bits per heavy atom. The van der Waals surface area contributed by atoms with Crippen LogP contribution in [0.5, 0.6) is 0 Å². The third kappa shape index (κ3) is 3.29. The molecule has 0 radical (unpaired) electrons. The van der Waals surface area contributed by atoms with Crippen LogP contribution in [0.25, 0.3) is 11.4 Å². The standard InChI is InChI=1S/C18H16ClN3S/c19-17-7-6-15(23-17)12-22-9-8-16-14(11-22)10-20-18(21-16)13-4-2-1-3-5-13/h1-7,10H,8-9,11-12H2. The number of rotatable bonds is 3. The molecule has 4 rings (SSSR count). The van der Waals surface area contributed by atoms with E-state index in [-0.39, 0.29) is 0 Å². The lowest BCUT2D eigenvalue weighted by Crippen LogP contribution is -2.30. The second-order valence-corrected chi connectivity index (χ2v) is 7.50. The highest BCUT2D eigenvalue weighted by atomic mass is 35.5. The number of fused-ring (bicyclic) bond motifs is 1. The van der Waals surface area contributed by atoms with Gasteiger partial charge < -0.3 is 0 Å². The molecular formula is C18H16ClN3S. The van der Waals surface area contributed by atoms with Crippen LogP contribution in [-0.2, 0) is 19.5 Å². The number of hydrogen-bond acceptors (Lipinski definition) is 4. The Balaban J connectivity index is 1.52. The summed E-state index contributed by atoms with van der Waals surface area (Å²) in [4.78, 5) is 13.1. The molecule has 0 spiro atoms. The summed E-state index contributed by atoms with van der Waals surface area (Å²) in [5.41, 5.74) is 3.49. The number of hydrogen-bond donors (Lipinski definition) is 0. The predicted molar refractivity (Wildman–Crippen MR) is 94.6 cm³/mol.